The summed E-state index contributed by atoms with van der Waals surface area (Å²) in [5, 5.41) is 5.26. The fourth-order valence-electron chi connectivity index (χ4n) is 3.85. The van der Waals surface area contributed by atoms with Gasteiger partial charge in [-0.1, -0.05) is 24.3 Å². The van der Waals surface area contributed by atoms with Crippen molar-refractivity contribution in [3.8, 4) is 0 Å². The van der Waals surface area contributed by atoms with Gasteiger partial charge >= 0.3 is 0 Å². The molecular formula is C20H24N4O2S. The summed E-state index contributed by atoms with van der Waals surface area (Å²) in [6, 6.07) is 7.70. The molecule has 3 heterocycles. The number of nitrogens with zero attached hydrogens (tertiary/aromatic N) is 4. The van der Waals surface area contributed by atoms with E-state index in [1.54, 1.807) is 31.8 Å². The minimum absolute atomic E-state index is 0.287. The molecule has 0 atom stereocenters. The van der Waals surface area contributed by atoms with Crippen LogP contribution < -0.4 is 0 Å². The van der Waals surface area contributed by atoms with E-state index < -0.39 is 10.0 Å². The van der Waals surface area contributed by atoms with Gasteiger partial charge in [0.2, 0.25) is 0 Å². The summed E-state index contributed by atoms with van der Waals surface area (Å²) in [6.45, 7) is 5.38. The molecule has 0 spiro atoms. The van der Waals surface area contributed by atoms with Crippen LogP contribution in [0.1, 0.15) is 23.4 Å². The Morgan fingerprint density at radius 2 is 1.85 bits per heavy atom. The van der Waals surface area contributed by atoms with Crippen molar-refractivity contribution in [1.82, 2.24) is 18.7 Å². The van der Waals surface area contributed by atoms with E-state index in [1.807, 2.05) is 24.3 Å². The number of likely N-dealkylation sites (N-methyl/N-ethyl adjacent to an activating group) is 1. The number of para-hydroxylation sites is 1. The van der Waals surface area contributed by atoms with E-state index in [2.05, 4.69) is 23.1 Å². The van der Waals surface area contributed by atoms with Crippen molar-refractivity contribution in [2.75, 3.05) is 20.1 Å². The van der Waals surface area contributed by atoms with Crippen LogP contribution in [0.25, 0.3) is 16.5 Å². The minimum Gasteiger partial charge on any atom is -0.302 e. The number of fused-ring (bicyclic) bond motifs is 1. The van der Waals surface area contributed by atoms with Crippen LogP contribution in [0.2, 0.25) is 0 Å². The molecule has 1 aliphatic heterocycles. The molecule has 0 unspecified atom stereocenters. The quantitative estimate of drug-likeness (QED) is 0.697. The first kappa shape index (κ1) is 18.0. The Bertz CT molecular complexity index is 1170. The highest BCUT2D eigenvalue weighted by molar-refractivity contribution is 7.90. The van der Waals surface area contributed by atoms with E-state index >= 15 is 0 Å². The number of rotatable bonds is 3. The van der Waals surface area contributed by atoms with Gasteiger partial charge in [-0.25, -0.2) is 12.4 Å². The fourth-order valence-corrected chi connectivity index (χ4v) is 5.62. The first-order valence-electron chi connectivity index (χ1n) is 9.04. The lowest BCUT2D eigenvalue weighted by Crippen LogP contribution is -2.23. The zero-order valence-electron chi connectivity index (χ0n) is 16.1. The summed E-state index contributed by atoms with van der Waals surface area (Å²) in [7, 11) is 0.121. The molecule has 4 rings (SSSR count). The number of aromatic nitrogens is 3. The highest BCUT2D eigenvalue weighted by Crippen LogP contribution is 2.33. The molecule has 0 aliphatic carbocycles. The van der Waals surface area contributed by atoms with Crippen molar-refractivity contribution in [2.24, 2.45) is 7.05 Å². The third kappa shape index (κ3) is 2.82. The van der Waals surface area contributed by atoms with Crippen LogP contribution >= 0.6 is 0 Å². The molecule has 142 valence electrons. The molecule has 1 aromatic carbocycles. The monoisotopic (exact) mass is 384 g/mol. The highest BCUT2D eigenvalue weighted by Gasteiger charge is 2.28. The zero-order chi connectivity index (χ0) is 19.3. The molecule has 1 aliphatic rings. The Morgan fingerprint density at radius 1 is 1.11 bits per heavy atom. The summed E-state index contributed by atoms with van der Waals surface area (Å²) in [5.41, 5.74) is 4.08. The van der Waals surface area contributed by atoms with Crippen molar-refractivity contribution in [2.45, 2.75) is 25.2 Å². The summed E-state index contributed by atoms with van der Waals surface area (Å²) >= 11 is 0. The summed E-state index contributed by atoms with van der Waals surface area (Å²) in [4.78, 5) is 2.54. The van der Waals surface area contributed by atoms with E-state index in [4.69, 9.17) is 0 Å². The van der Waals surface area contributed by atoms with Gasteiger partial charge in [-0.05, 0) is 39.0 Å². The second kappa shape index (κ2) is 6.35. The zero-order valence-corrected chi connectivity index (χ0v) is 16.9. The molecule has 6 nitrogen and oxygen atoms in total. The lowest BCUT2D eigenvalue weighted by molar-refractivity contribution is 0.370. The summed E-state index contributed by atoms with van der Waals surface area (Å²) in [6.07, 6.45) is 4.89. The molecule has 3 aromatic rings. The van der Waals surface area contributed by atoms with Gasteiger partial charge in [0.1, 0.15) is 4.90 Å². The molecule has 0 bridgehead atoms. The second-order valence-corrected chi connectivity index (χ2v) is 8.98. The molecule has 2 aromatic heterocycles. The van der Waals surface area contributed by atoms with Gasteiger partial charge in [-0.2, -0.15) is 5.10 Å². The third-order valence-electron chi connectivity index (χ3n) is 5.40. The molecular weight excluding hydrogens is 360 g/mol. The van der Waals surface area contributed by atoms with Crippen molar-refractivity contribution < 1.29 is 8.42 Å². The van der Waals surface area contributed by atoms with Crippen molar-refractivity contribution in [3.63, 3.8) is 0 Å². The molecule has 0 N–H and O–H groups in total. The van der Waals surface area contributed by atoms with Gasteiger partial charge in [0.15, 0.2) is 0 Å². The van der Waals surface area contributed by atoms with Crippen LogP contribution in [0, 0.1) is 13.8 Å². The lowest BCUT2D eigenvalue weighted by Gasteiger charge is -2.21. The summed E-state index contributed by atoms with van der Waals surface area (Å²) < 4.78 is 30.1. The van der Waals surface area contributed by atoms with Crippen LogP contribution in [0.15, 0.2) is 41.4 Å². The normalized spacial score (nSPS) is 16.1. The van der Waals surface area contributed by atoms with Crippen molar-refractivity contribution >= 4 is 26.5 Å². The number of hydrogen-bond acceptors (Lipinski definition) is 4. The van der Waals surface area contributed by atoms with Crippen molar-refractivity contribution in [3.05, 3.63) is 53.5 Å². The Kier molecular flexibility index (Phi) is 4.24. The smallest absolute Gasteiger partial charge is 0.271 e. The lowest BCUT2D eigenvalue weighted by atomic mass is 9.99. The van der Waals surface area contributed by atoms with Crippen LogP contribution in [0.4, 0.5) is 0 Å². The SMILES string of the molecule is Cc1nn(C)c(C)c1S(=O)(=O)n1cc(C2=CCN(C)CC2)c2ccccc21. The van der Waals surface area contributed by atoms with Gasteiger partial charge < -0.3 is 4.90 Å². The van der Waals surface area contributed by atoms with E-state index in [9.17, 15) is 8.42 Å². The Labute approximate surface area is 159 Å². The predicted octanol–water partition coefficient (Wildman–Crippen LogP) is 2.95. The van der Waals surface area contributed by atoms with Gasteiger partial charge in [-0.3, -0.25) is 4.68 Å². The number of benzene rings is 1. The average Bonchev–Trinajstić information content (AvgIpc) is 3.14. The van der Waals surface area contributed by atoms with E-state index in [1.165, 1.54) is 9.55 Å². The maximum absolute atomic E-state index is 13.5. The fraction of sp³-hybridized carbons (Fsp3) is 0.350. The molecule has 7 heteroatoms. The first-order valence-corrected chi connectivity index (χ1v) is 10.5. The van der Waals surface area contributed by atoms with Gasteiger partial charge in [0, 0.05) is 37.3 Å². The average molecular weight is 385 g/mol. The van der Waals surface area contributed by atoms with Gasteiger partial charge in [-0.15, -0.1) is 0 Å². The molecule has 0 saturated carbocycles. The number of hydrogen-bond donors (Lipinski definition) is 0. The minimum atomic E-state index is -3.74. The standard InChI is InChI=1S/C20H24N4O2S/c1-14-20(15(2)23(4)21-14)27(25,26)24-13-18(16-9-11-22(3)12-10-16)17-7-5-6-8-19(17)24/h5-9,13H,10-12H2,1-4H3. The van der Waals surface area contributed by atoms with Gasteiger partial charge in [0.25, 0.3) is 10.0 Å². The van der Waals surface area contributed by atoms with Crippen LogP contribution in [-0.2, 0) is 17.1 Å². The highest BCUT2D eigenvalue weighted by atomic mass is 32.2. The van der Waals surface area contributed by atoms with Gasteiger partial charge in [0.05, 0.1) is 16.9 Å². The Morgan fingerprint density at radius 3 is 2.48 bits per heavy atom. The Hall–Kier alpha value is -2.38. The molecule has 27 heavy (non-hydrogen) atoms. The van der Waals surface area contributed by atoms with Crippen LogP contribution in [-0.4, -0.2) is 47.2 Å². The van der Waals surface area contributed by atoms with E-state index in [0.29, 0.717) is 16.9 Å². The Balaban J connectivity index is 1.96. The summed E-state index contributed by atoms with van der Waals surface area (Å²) in [5.74, 6) is 0. The molecule has 0 fully saturated rings. The molecule has 0 radical (unpaired) electrons. The topological polar surface area (TPSA) is 60.1 Å². The van der Waals surface area contributed by atoms with E-state index in [0.717, 1.165) is 30.5 Å². The third-order valence-corrected chi connectivity index (χ3v) is 7.32. The largest absolute Gasteiger partial charge is 0.302 e. The van der Waals surface area contributed by atoms with Crippen LogP contribution in [0.5, 0.6) is 0 Å². The van der Waals surface area contributed by atoms with Crippen LogP contribution in [0.3, 0.4) is 0 Å². The second-order valence-electron chi connectivity index (χ2n) is 7.23. The van der Waals surface area contributed by atoms with Crippen molar-refractivity contribution in [1.29, 1.82) is 0 Å². The number of aryl methyl sites for hydroxylation is 2. The maximum atomic E-state index is 13.5. The molecule has 0 saturated heterocycles. The van der Waals surface area contributed by atoms with E-state index in [-0.39, 0.29) is 4.90 Å². The first-order chi connectivity index (χ1) is 12.8. The predicted molar refractivity (Wildman–Crippen MR) is 107 cm³/mol. The molecule has 0 amide bonds. The maximum Gasteiger partial charge on any atom is 0.271 e.